The van der Waals surface area contributed by atoms with Gasteiger partial charge in [0.25, 0.3) is 0 Å². The van der Waals surface area contributed by atoms with Gasteiger partial charge in [0, 0.05) is 12.6 Å². The van der Waals surface area contributed by atoms with Gasteiger partial charge in [0.15, 0.2) is 0 Å². The largest absolute Gasteiger partial charge is 0.308 e. The molecule has 0 aromatic rings. The minimum absolute atomic E-state index is 0.719. The third kappa shape index (κ3) is 18.7. The minimum Gasteiger partial charge on any atom is -0.308 e. The maximum atomic E-state index is 2.39. The van der Waals surface area contributed by atoms with Crippen LogP contribution in [0.25, 0.3) is 0 Å². The highest BCUT2D eigenvalue weighted by Crippen LogP contribution is 2.15. The van der Waals surface area contributed by atoms with E-state index in [0.717, 1.165) is 6.04 Å². The monoisotopic (exact) mass is 368 g/mol. The second-order valence-electron chi connectivity index (χ2n) is 8.97. The summed E-state index contributed by atoms with van der Waals surface area (Å²) in [5, 5.41) is 0. The highest BCUT2D eigenvalue weighted by Gasteiger charge is 2.11. The summed E-state index contributed by atoms with van der Waals surface area (Å²) in [7, 11) is 8.81. The van der Waals surface area contributed by atoms with Crippen LogP contribution in [0.4, 0.5) is 0 Å². The van der Waals surface area contributed by atoms with E-state index in [2.05, 4.69) is 44.9 Å². The third-order valence-electron chi connectivity index (χ3n) is 5.70. The van der Waals surface area contributed by atoms with Gasteiger partial charge in [-0.05, 0) is 34.6 Å². The van der Waals surface area contributed by atoms with Gasteiger partial charge in [-0.1, -0.05) is 110 Å². The number of likely N-dealkylation sites (N-methyl/N-ethyl adjacent to an activating group) is 2. The van der Waals surface area contributed by atoms with Crippen LogP contribution in [0, 0.1) is 0 Å². The van der Waals surface area contributed by atoms with Crippen LogP contribution in [-0.2, 0) is 0 Å². The fraction of sp³-hybridized carbons (Fsp3) is 1.00. The maximum absolute atomic E-state index is 2.39. The lowest BCUT2D eigenvalue weighted by Gasteiger charge is -2.27. The van der Waals surface area contributed by atoms with Gasteiger partial charge in [0.2, 0.25) is 0 Å². The molecule has 0 aromatic heterocycles. The van der Waals surface area contributed by atoms with Crippen molar-refractivity contribution in [1.82, 2.24) is 9.80 Å². The van der Waals surface area contributed by atoms with Crippen LogP contribution in [0.2, 0.25) is 0 Å². The van der Waals surface area contributed by atoms with E-state index < -0.39 is 0 Å². The Hall–Kier alpha value is -0.0800. The van der Waals surface area contributed by atoms with Crippen molar-refractivity contribution >= 4 is 0 Å². The van der Waals surface area contributed by atoms with Crippen LogP contribution in [0.1, 0.15) is 116 Å². The smallest absolute Gasteiger partial charge is 0.0216 e. The van der Waals surface area contributed by atoms with Gasteiger partial charge < -0.3 is 9.80 Å². The molecule has 0 saturated heterocycles. The molecule has 2 heteroatoms. The summed E-state index contributed by atoms with van der Waals surface area (Å²) in [5.41, 5.74) is 0. The summed E-state index contributed by atoms with van der Waals surface area (Å²) in [6.45, 7) is 3.48. The number of unbranched alkanes of at least 4 members (excludes halogenated alkanes) is 15. The summed E-state index contributed by atoms with van der Waals surface area (Å²) in [5.74, 6) is 0. The van der Waals surface area contributed by atoms with Crippen LogP contribution in [-0.4, -0.2) is 50.6 Å². The molecule has 0 heterocycles. The second-order valence-corrected chi connectivity index (χ2v) is 8.97. The molecule has 2 nitrogen and oxygen atoms in total. The molecule has 1 atom stereocenters. The molecule has 0 rings (SSSR count). The van der Waals surface area contributed by atoms with E-state index in [1.807, 2.05) is 0 Å². The van der Waals surface area contributed by atoms with Crippen molar-refractivity contribution in [3.8, 4) is 0 Å². The van der Waals surface area contributed by atoms with Crippen molar-refractivity contribution < 1.29 is 0 Å². The standard InChI is InChI=1S/C24H52N2/c1-6-7-8-9-10-11-12-13-14-15-16-17-18-19-20-21-22-24(26(4)5)23-25(2)3/h24H,6-23H2,1-5H3. The van der Waals surface area contributed by atoms with Crippen molar-refractivity contribution in [2.75, 3.05) is 34.7 Å². The zero-order valence-corrected chi connectivity index (χ0v) is 19.2. The van der Waals surface area contributed by atoms with Gasteiger partial charge in [0.05, 0.1) is 0 Å². The highest BCUT2D eigenvalue weighted by atomic mass is 15.2. The van der Waals surface area contributed by atoms with Gasteiger partial charge in [-0.15, -0.1) is 0 Å². The van der Waals surface area contributed by atoms with Crippen molar-refractivity contribution in [2.24, 2.45) is 0 Å². The molecule has 26 heavy (non-hydrogen) atoms. The summed E-state index contributed by atoms with van der Waals surface area (Å²) >= 11 is 0. The van der Waals surface area contributed by atoms with Crippen LogP contribution >= 0.6 is 0 Å². The molecule has 0 aromatic carbocycles. The zero-order valence-electron chi connectivity index (χ0n) is 19.2. The van der Waals surface area contributed by atoms with E-state index in [9.17, 15) is 0 Å². The van der Waals surface area contributed by atoms with Gasteiger partial charge in [-0.2, -0.15) is 0 Å². The van der Waals surface area contributed by atoms with Crippen LogP contribution < -0.4 is 0 Å². The first-order valence-corrected chi connectivity index (χ1v) is 11.9. The first kappa shape index (κ1) is 25.9. The fourth-order valence-corrected chi connectivity index (χ4v) is 3.86. The molecular weight excluding hydrogens is 316 g/mol. The third-order valence-corrected chi connectivity index (χ3v) is 5.70. The van der Waals surface area contributed by atoms with E-state index in [-0.39, 0.29) is 0 Å². The van der Waals surface area contributed by atoms with E-state index >= 15 is 0 Å². The Kier molecular flexibility index (Phi) is 19.6. The SMILES string of the molecule is CCCCCCCCCCCCCCCCCCC(CN(C)C)N(C)C. The lowest BCUT2D eigenvalue weighted by atomic mass is 10.0. The molecule has 0 aliphatic heterocycles. The summed E-state index contributed by atoms with van der Waals surface area (Å²) < 4.78 is 0. The average molecular weight is 369 g/mol. The Morgan fingerprint density at radius 1 is 0.500 bits per heavy atom. The molecule has 0 fully saturated rings. The number of hydrogen-bond donors (Lipinski definition) is 0. The van der Waals surface area contributed by atoms with Gasteiger partial charge >= 0.3 is 0 Å². The molecule has 0 aliphatic carbocycles. The molecule has 0 amide bonds. The Morgan fingerprint density at radius 2 is 0.846 bits per heavy atom. The normalized spacial score (nSPS) is 13.0. The number of rotatable bonds is 20. The zero-order chi connectivity index (χ0) is 19.5. The van der Waals surface area contributed by atoms with Gasteiger partial charge in [-0.3, -0.25) is 0 Å². The van der Waals surface area contributed by atoms with Gasteiger partial charge in [-0.25, -0.2) is 0 Å². The Labute approximate surface area is 167 Å². The summed E-state index contributed by atoms with van der Waals surface area (Å²) in [4.78, 5) is 4.71. The fourth-order valence-electron chi connectivity index (χ4n) is 3.86. The lowest BCUT2D eigenvalue weighted by Crippen LogP contribution is -2.37. The predicted octanol–water partition coefficient (Wildman–Crippen LogP) is 7.13. The molecule has 0 aliphatic rings. The molecular formula is C24H52N2. The van der Waals surface area contributed by atoms with E-state index in [0.29, 0.717) is 0 Å². The van der Waals surface area contributed by atoms with Crippen LogP contribution in [0.15, 0.2) is 0 Å². The molecule has 0 bridgehead atoms. The van der Waals surface area contributed by atoms with Crippen molar-refractivity contribution in [3.05, 3.63) is 0 Å². The van der Waals surface area contributed by atoms with E-state index in [1.54, 1.807) is 0 Å². The number of nitrogens with zero attached hydrogens (tertiary/aromatic N) is 2. The number of hydrogen-bond acceptors (Lipinski definition) is 2. The van der Waals surface area contributed by atoms with E-state index in [1.165, 1.54) is 116 Å². The minimum atomic E-state index is 0.719. The van der Waals surface area contributed by atoms with Crippen molar-refractivity contribution in [3.63, 3.8) is 0 Å². The van der Waals surface area contributed by atoms with Crippen molar-refractivity contribution in [1.29, 1.82) is 0 Å². The molecule has 0 spiro atoms. The Morgan fingerprint density at radius 3 is 1.15 bits per heavy atom. The maximum Gasteiger partial charge on any atom is 0.0216 e. The van der Waals surface area contributed by atoms with Crippen LogP contribution in [0.3, 0.4) is 0 Å². The first-order chi connectivity index (χ1) is 12.6. The predicted molar refractivity (Wildman–Crippen MR) is 120 cm³/mol. The Bertz CT molecular complexity index is 263. The molecule has 0 N–H and O–H groups in total. The van der Waals surface area contributed by atoms with Gasteiger partial charge in [0.1, 0.15) is 0 Å². The second kappa shape index (κ2) is 19.7. The molecule has 0 radical (unpaired) electrons. The molecule has 0 saturated carbocycles. The molecule has 1 unspecified atom stereocenters. The quantitative estimate of drug-likeness (QED) is 0.211. The highest BCUT2D eigenvalue weighted by molar-refractivity contribution is 4.69. The topological polar surface area (TPSA) is 6.48 Å². The molecule has 158 valence electrons. The summed E-state index contributed by atoms with van der Waals surface area (Å²) in [6, 6.07) is 0.719. The van der Waals surface area contributed by atoms with Crippen molar-refractivity contribution in [2.45, 2.75) is 122 Å². The average Bonchev–Trinajstić information content (AvgIpc) is 2.59. The first-order valence-electron chi connectivity index (χ1n) is 11.9. The Balaban J connectivity index is 3.24. The lowest BCUT2D eigenvalue weighted by molar-refractivity contribution is 0.213. The van der Waals surface area contributed by atoms with E-state index in [4.69, 9.17) is 0 Å². The summed E-state index contributed by atoms with van der Waals surface area (Å²) in [6.07, 6.45) is 24.6. The van der Waals surface area contributed by atoms with Crippen LogP contribution in [0.5, 0.6) is 0 Å².